The molecule has 0 spiro atoms. The Hall–Kier alpha value is -2.04. The van der Waals surface area contributed by atoms with Crippen molar-refractivity contribution in [1.29, 1.82) is 0 Å². The number of hydrogen-bond donors (Lipinski definition) is 1. The molecule has 1 amide bonds. The van der Waals surface area contributed by atoms with E-state index in [1.165, 1.54) is 12.8 Å². The Morgan fingerprint density at radius 3 is 2.63 bits per heavy atom. The summed E-state index contributed by atoms with van der Waals surface area (Å²) in [5.41, 5.74) is 9.56. The van der Waals surface area contributed by atoms with E-state index in [1.54, 1.807) is 24.3 Å². The quantitative estimate of drug-likeness (QED) is 0.501. The summed E-state index contributed by atoms with van der Waals surface area (Å²) in [6.45, 7) is 3.03. The van der Waals surface area contributed by atoms with Gasteiger partial charge >= 0.3 is 0 Å². The first-order chi connectivity index (χ1) is 9.28. The molecule has 2 rings (SSSR count). The molecular weight excluding hydrogens is 242 g/mol. The standard InChI is InChI=1S/C13H17N5O/c14-17-16-12-5-3-11(4-6-12)15-13(19)7-10-18-8-1-2-9-18/h3-6H,1-2,7-10H2,(H,15,19). The molecule has 0 atom stereocenters. The number of likely N-dealkylation sites (tertiary alicyclic amines) is 1. The fourth-order valence-corrected chi connectivity index (χ4v) is 2.15. The van der Waals surface area contributed by atoms with Crippen LogP contribution < -0.4 is 5.32 Å². The summed E-state index contributed by atoms with van der Waals surface area (Å²) < 4.78 is 0. The molecule has 1 aliphatic heterocycles. The van der Waals surface area contributed by atoms with Crippen LogP contribution in [0.3, 0.4) is 0 Å². The number of hydrogen-bond acceptors (Lipinski definition) is 3. The van der Waals surface area contributed by atoms with E-state index >= 15 is 0 Å². The average Bonchev–Trinajstić information content (AvgIpc) is 2.92. The molecule has 1 aromatic carbocycles. The van der Waals surface area contributed by atoms with Crippen molar-refractivity contribution in [2.24, 2.45) is 5.11 Å². The number of anilines is 1. The smallest absolute Gasteiger partial charge is 0.225 e. The maximum atomic E-state index is 11.8. The van der Waals surface area contributed by atoms with Crippen LogP contribution in [0.5, 0.6) is 0 Å². The third-order valence-corrected chi connectivity index (χ3v) is 3.17. The minimum Gasteiger partial charge on any atom is -0.326 e. The lowest BCUT2D eigenvalue weighted by molar-refractivity contribution is -0.116. The van der Waals surface area contributed by atoms with Gasteiger partial charge in [0.15, 0.2) is 0 Å². The Balaban J connectivity index is 1.79. The molecule has 1 fully saturated rings. The number of amides is 1. The van der Waals surface area contributed by atoms with Crippen molar-refractivity contribution < 1.29 is 4.79 Å². The minimum absolute atomic E-state index is 0.0171. The lowest BCUT2D eigenvalue weighted by Gasteiger charge is -2.13. The van der Waals surface area contributed by atoms with Gasteiger partial charge in [0.05, 0.1) is 0 Å². The lowest BCUT2D eigenvalue weighted by Crippen LogP contribution is -2.25. The molecule has 1 aliphatic rings. The summed E-state index contributed by atoms with van der Waals surface area (Å²) in [4.78, 5) is 16.8. The number of carbonyl (C=O) groups excluding carboxylic acids is 1. The molecule has 1 heterocycles. The Bertz CT molecular complexity index is 472. The maximum Gasteiger partial charge on any atom is 0.225 e. The zero-order valence-electron chi connectivity index (χ0n) is 10.7. The normalized spacial score (nSPS) is 14.9. The largest absolute Gasteiger partial charge is 0.326 e. The van der Waals surface area contributed by atoms with Gasteiger partial charge in [-0.15, -0.1) is 0 Å². The average molecular weight is 259 g/mol. The highest BCUT2D eigenvalue weighted by Gasteiger charge is 2.12. The van der Waals surface area contributed by atoms with E-state index in [-0.39, 0.29) is 5.91 Å². The van der Waals surface area contributed by atoms with Crippen LogP contribution in [0.2, 0.25) is 0 Å². The molecule has 6 heteroatoms. The van der Waals surface area contributed by atoms with Gasteiger partial charge in [0.2, 0.25) is 5.91 Å². The Labute approximate surface area is 112 Å². The van der Waals surface area contributed by atoms with Gasteiger partial charge < -0.3 is 10.2 Å². The fraction of sp³-hybridized carbons (Fsp3) is 0.462. The maximum absolute atomic E-state index is 11.8. The molecular formula is C13H17N5O. The van der Waals surface area contributed by atoms with Crippen LogP contribution in [0.15, 0.2) is 29.4 Å². The van der Waals surface area contributed by atoms with Gasteiger partial charge in [-0.1, -0.05) is 17.2 Å². The van der Waals surface area contributed by atoms with Crippen molar-refractivity contribution in [3.63, 3.8) is 0 Å². The van der Waals surface area contributed by atoms with E-state index in [2.05, 4.69) is 20.2 Å². The molecule has 1 N–H and O–H groups in total. The minimum atomic E-state index is 0.0171. The van der Waals surface area contributed by atoms with E-state index in [0.29, 0.717) is 12.1 Å². The Morgan fingerprint density at radius 1 is 1.32 bits per heavy atom. The zero-order chi connectivity index (χ0) is 13.5. The summed E-state index contributed by atoms with van der Waals surface area (Å²) in [5.74, 6) is 0.0171. The monoisotopic (exact) mass is 259 g/mol. The molecule has 1 aromatic rings. The molecule has 0 aromatic heterocycles. The van der Waals surface area contributed by atoms with Crippen molar-refractivity contribution >= 4 is 17.3 Å². The highest BCUT2D eigenvalue weighted by Crippen LogP contribution is 2.16. The third kappa shape index (κ3) is 4.28. The van der Waals surface area contributed by atoms with Gasteiger partial charge in [-0.05, 0) is 43.6 Å². The first-order valence-electron chi connectivity index (χ1n) is 6.45. The van der Waals surface area contributed by atoms with Gasteiger partial charge in [-0.2, -0.15) is 0 Å². The second-order valence-electron chi connectivity index (χ2n) is 4.58. The van der Waals surface area contributed by atoms with E-state index in [0.717, 1.165) is 25.3 Å². The number of nitrogens with one attached hydrogen (secondary N) is 1. The predicted octanol–water partition coefficient (Wildman–Crippen LogP) is 3.05. The molecule has 0 aliphatic carbocycles. The SMILES string of the molecule is [N-]=[N+]=Nc1ccc(NC(=O)CCN2CCCC2)cc1. The molecule has 0 bridgehead atoms. The van der Waals surface area contributed by atoms with Gasteiger partial charge in [-0.25, -0.2) is 0 Å². The first-order valence-corrected chi connectivity index (χ1v) is 6.45. The molecule has 0 unspecified atom stereocenters. The highest BCUT2D eigenvalue weighted by molar-refractivity contribution is 5.90. The predicted molar refractivity (Wildman–Crippen MR) is 74.2 cm³/mol. The van der Waals surface area contributed by atoms with Crippen LogP contribution in [0.1, 0.15) is 19.3 Å². The summed E-state index contributed by atoms with van der Waals surface area (Å²) >= 11 is 0. The van der Waals surface area contributed by atoms with Crippen LogP contribution in [0.4, 0.5) is 11.4 Å². The van der Waals surface area contributed by atoms with E-state index in [1.807, 2.05) is 0 Å². The molecule has 6 nitrogen and oxygen atoms in total. The number of benzene rings is 1. The summed E-state index contributed by atoms with van der Waals surface area (Å²) in [6, 6.07) is 6.82. The lowest BCUT2D eigenvalue weighted by atomic mass is 10.2. The number of nitrogens with zero attached hydrogens (tertiary/aromatic N) is 4. The Kier molecular flexibility index (Phi) is 4.78. The molecule has 100 valence electrons. The third-order valence-electron chi connectivity index (χ3n) is 3.17. The van der Waals surface area contributed by atoms with Crippen LogP contribution in [0, 0.1) is 0 Å². The summed E-state index contributed by atoms with van der Waals surface area (Å²) in [5, 5.41) is 6.31. The van der Waals surface area contributed by atoms with Gasteiger partial charge in [0, 0.05) is 29.3 Å². The summed E-state index contributed by atoms with van der Waals surface area (Å²) in [7, 11) is 0. The first kappa shape index (κ1) is 13.4. The Morgan fingerprint density at radius 2 is 2.00 bits per heavy atom. The van der Waals surface area contributed by atoms with Crippen LogP contribution in [0.25, 0.3) is 10.4 Å². The molecule has 19 heavy (non-hydrogen) atoms. The van der Waals surface area contributed by atoms with Crippen LogP contribution in [-0.2, 0) is 4.79 Å². The van der Waals surface area contributed by atoms with Gasteiger partial charge in [0.1, 0.15) is 0 Å². The number of carbonyl (C=O) groups is 1. The second kappa shape index (κ2) is 6.78. The molecule has 0 radical (unpaired) electrons. The van der Waals surface area contributed by atoms with E-state index < -0.39 is 0 Å². The van der Waals surface area contributed by atoms with Gasteiger partial charge in [-0.3, -0.25) is 4.79 Å². The second-order valence-corrected chi connectivity index (χ2v) is 4.58. The van der Waals surface area contributed by atoms with Crippen molar-refractivity contribution in [1.82, 2.24) is 4.90 Å². The van der Waals surface area contributed by atoms with E-state index in [9.17, 15) is 4.79 Å². The van der Waals surface area contributed by atoms with E-state index in [4.69, 9.17) is 5.53 Å². The van der Waals surface area contributed by atoms with Crippen molar-refractivity contribution in [3.05, 3.63) is 34.7 Å². The highest BCUT2D eigenvalue weighted by atomic mass is 16.1. The van der Waals surface area contributed by atoms with Gasteiger partial charge in [0.25, 0.3) is 0 Å². The fourth-order valence-electron chi connectivity index (χ4n) is 2.15. The number of rotatable bonds is 5. The van der Waals surface area contributed by atoms with Crippen LogP contribution >= 0.6 is 0 Å². The van der Waals surface area contributed by atoms with Crippen molar-refractivity contribution in [2.75, 3.05) is 25.0 Å². The van der Waals surface area contributed by atoms with Crippen LogP contribution in [-0.4, -0.2) is 30.4 Å². The van der Waals surface area contributed by atoms with Crippen molar-refractivity contribution in [3.8, 4) is 0 Å². The topological polar surface area (TPSA) is 81.1 Å². The number of azide groups is 1. The van der Waals surface area contributed by atoms with Crippen molar-refractivity contribution in [2.45, 2.75) is 19.3 Å². The molecule has 1 saturated heterocycles. The zero-order valence-corrected chi connectivity index (χ0v) is 10.7. The molecule has 0 saturated carbocycles. The summed E-state index contributed by atoms with van der Waals surface area (Å²) in [6.07, 6.45) is 2.99.